The molecular weight excluding hydrogens is 529 g/mol. The lowest BCUT2D eigenvalue weighted by Gasteiger charge is -2.38. The van der Waals surface area contributed by atoms with Crippen LogP contribution in [0.15, 0.2) is 18.5 Å². The Bertz CT molecular complexity index is 940. The van der Waals surface area contributed by atoms with E-state index in [-0.39, 0.29) is 19.0 Å². The average molecular weight is 565 g/mol. The van der Waals surface area contributed by atoms with E-state index in [1.165, 1.54) is 32.1 Å². The van der Waals surface area contributed by atoms with Gasteiger partial charge in [0.25, 0.3) is 0 Å². The Balaban J connectivity index is 1.22. The number of aryl methyl sites for hydroxylation is 1. The topological polar surface area (TPSA) is 127 Å². The summed E-state index contributed by atoms with van der Waals surface area (Å²) in [6.45, 7) is 1.49. The molecule has 1 aliphatic heterocycles. The quantitative estimate of drug-likeness (QED) is 0.206. The molecule has 0 aliphatic carbocycles. The summed E-state index contributed by atoms with van der Waals surface area (Å²) < 4.78 is 51.8. The third-order valence-corrected chi connectivity index (χ3v) is 6.54. The van der Waals surface area contributed by atoms with Gasteiger partial charge in [-0.1, -0.05) is 61.8 Å². The Hall–Kier alpha value is -2.06. The van der Waals surface area contributed by atoms with Crippen LogP contribution in [0, 0.1) is 0 Å². The van der Waals surface area contributed by atoms with Crippen molar-refractivity contribution in [2.75, 3.05) is 25.1 Å². The number of hydrogen-bond acceptors (Lipinski definition) is 9. The Morgan fingerprint density at radius 2 is 1.71 bits per heavy atom. The van der Waals surface area contributed by atoms with Gasteiger partial charge < -0.3 is 25.0 Å². The van der Waals surface area contributed by atoms with Crippen LogP contribution < -0.4 is 5.32 Å². The number of aromatic nitrogens is 5. The summed E-state index contributed by atoms with van der Waals surface area (Å²) in [5.74, 6) is -1.63. The molecule has 1 saturated heterocycles. The normalized spacial score (nSPS) is 22.1. The molecule has 0 radical (unpaired) electrons. The van der Waals surface area contributed by atoms with E-state index < -0.39 is 41.5 Å². The number of rotatable bonds is 16. The zero-order valence-corrected chi connectivity index (χ0v) is 21.9. The summed E-state index contributed by atoms with van der Waals surface area (Å²) in [6.07, 6.45) is 5.74. The van der Waals surface area contributed by atoms with E-state index in [2.05, 4.69) is 25.6 Å². The second kappa shape index (κ2) is 15.5. The number of hydrogen-bond donors (Lipinski definition) is 3. The summed E-state index contributed by atoms with van der Waals surface area (Å²) >= 11 is 5.66. The lowest BCUT2D eigenvalue weighted by Crippen LogP contribution is -2.57. The van der Waals surface area contributed by atoms with Crippen molar-refractivity contribution in [1.29, 1.82) is 0 Å². The van der Waals surface area contributed by atoms with E-state index in [9.17, 15) is 23.4 Å². The van der Waals surface area contributed by atoms with Gasteiger partial charge in [-0.2, -0.15) is 13.2 Å². The predicted octanol–water partition coefficient (Wildman–Crippen LogP) is 3.87. The van der Waals surface area contributed by atoms with Gasteiger partial charge in [0.05, 0.1) is 25.5 Å². The number of aliphatic hydroxyl groups is 2. The number of nitrogens with one attached hydrogen (secondary N) is 1. The van der Waals surface area contributed by atoms with E-state index in [4.69, 9.17) is 21.1 Å². The lowest BCUT2D eigenvalue weighted by atomic mass is 9.98. The van der Waals surface area contributed by atoms with E-state index in [0.29, 0.717) is 6.61 Å². The summed E-state index contributed by atoms with van der Waals surface area (Å²) in [4.78, 5) is 6.55. The van der Waals surface area contributed by atoms with Crippen LogP contribution in [0.1, 0.15) is 63.6 Å². The van der Waals surface area contributed by atoms with E-state index >= 15 is 0 Å². The van der Waals surface area contributed by atoms with Gasteiger partial charge in [0, 0.05) is 25.4 Å². The minimum Gasteiger partial charge on any atom is -0.388 e. The van der Waals surface area contributed by atoms with Crippen molar-refractivity contribution >= 4 is 17.4 Å². The molecule has 0 spiro atoms. The third-order valence-electron chi connectivity index (χ3n) is 6.34. The molecule has 1 aliphatic rings. The molecule has 0 bridgehead atoms. The molecule has 14 heteroatoms. The highest BCUT2D eigenvalue weighted by molar-refractivity contribution is 6.29. The van der Waals surface area contributed by atoms with Gasteiger partial charge in [-0.05, 0) is 12.8 Å². The smallest absolute Gasteiger partial charge is 0.388 e. The van der Waals surface area contributed by atoms with E-state index in [1.54, 1.807) is 6.20 Å². The molecule has 4 atom stereocenters. The van der Waals surface area contributed by atoms with Crippen LogP contribution in [0.5, 0.6) is 0 Å². The molecule has 0 amide bonds. The maximum Gasteiger partial charge on any atom is 0.451 e. The minimum atomic E-state index is -4.77. The first-order chi connectivity index (χ1) is 18.2. The molecule has 2 aromatic heterocycles. The van der Waals surface area contributed by atoms with Gasteiger partial charge in [-0.15, -0.1) is 5.10 Å². The van der Waals surface area contributed by atoms with Gasteiger partial charge in [0.2, 0.25) is 5.82 Å². The number of aliphatic hydroxyl groups excluding tert-OH is 2. The fraction of sp³-hybridized carbons (Fsp3) is 0.750. The number of nitrogens with zero attached hydrogens (tertiary/aromatic N) is 5. The second-order valence-corrected chi connectivity index (χ2v) is 9.81. The maximum atomic E-state index is 12.9. The van der Waals surface area contributed by atoms with Crippen LogP contribution >= 0.6 is 11.6 Å². The molecule has 10 nitrogen and oxygen atoms in total. The molecule has 0 unspecified atom stereocenters. The summed E-state index contributed by atoms with van der Waals surface area (Å²) in [7, 11) is 0. The zero-order valence-electron chi connectivity index (χ0n) is 21.2. The van der Waals surface area contributed by atoms with Gasteiger partial charge in [-0.25, -0.2) is 9.97 Å². The van der Waals surface area contributed by atoms with E-state index in [1.807, 2.05) is 10.9 Å². The molecule has 0 saturated carbocycles. The van der Waals surface area contributed by atoms with Gasteiger partial charge in [-0.3, -0.25) is 4.68 Å². The average Bonchev–Trinajstić information content (AvgIpc) is 3.39. The molecule has 38 heavy (non-hydrogen) atoms. The summed E-state index contributed by atoms with van der Waals surface area (Å²) in [6, 6.07) is 0.218. The fourth-order valence-electron chi connectivity index (χ4n) is 4.23. The first-order valence-electron chi connectivity index (χ1n) is 13.0. The van der Waals surface area contributed by atoms with Crippen molar-refractivity contribution < 1.29 is 32.9 Å². The summed E-state index contributed by atoms with van der Waals surface area (Å²) in [5, 5.41) is 30.8. The van der Waals surface area contributed by atoms with Crippen LogP contribution in [-0.2, 0) is 22.2 Å². The molecular formula is C24H36ClF3N6O4. The Morgan fingerprint density at radius 3 is 2.37 bits per heavy atom. The molecule has 3 heterocycles. The number of anilines is 1. The fourth-order valence-corrected chi connectivity index (χ4v) is 4.41. The number of halogens is 4. The van der Waals surface area contributed by atoms with Crippen LogP contribution in [-0.4, -0.2) is 79.3 Å². The number of alkyl halides is 3. The minimum absolute atomic E-state index is 0.0598. The zero-order chi connectivity index (χ0) is 27.4. The highest BCUT2D eigenvalue weighted by Crippen LogP contribution is 2.29. The summed E-state index contributed by atoms with van der Waals surface area (Å²) in [5.41, 5.74) is 0. The number of unbranched alkanes of at least 4 members (excludes halogenated alkanes) is 8. The lowest BCUT2D eigenvalue weighted by molar-refractivity contribution is -0.159. The molecule has 0 aromatic carbocycles. The monoisotopic (exact) mass is 564 g/mol. The maximum absolute atomic E-state index is 12.9. The predicted molar refractivity (Wildman–Crippen MR) is 134 cm³/mol. The van der Waals surface area contributed by atoms with Crippen molar-refractivity contribution in [3.8, 4) is 0 Å². The number of ether oxygens (including phenoxy) is 2. The van der Waals surface area contributed by atoms with Crippen molar-refractivity contribution in [3.05, 3.63) is 29.4 Å². The Morgan fingerprint density at radius 1 is 1.03 bits per heavy atom. The van der Waals surface area contributed by atoms with Crippen molar-refractivity contribution in [2.45, 2.75) is 94.9 Å². The Kier molecular flexibility index (Phi) is 12.4. The van der Waals surface area contributed by atoms with Crippen LogP contribution in [0.2, 0.25) is 5.15 Å². The van der Waals surface area contributed by atoms with Crippen LogP contribution in [0.4, 0.5) is 19.0 Å². The van der Waals surface area contributed by atoms with Gasteiger partial charge in [0.1, 0.15) is 29.3 Å². The third kappa shape index (κ3) is 10.3. The largest absolute Gasteiger partial charge is 0.451 e. The second-order valence-electron chi connectivity index (χ2n) is 9.42. The highest BCUT2D eigenvalue weighted by Gasteiger charge is 2.39. The first-order valence-corrected chi connectivity index (χ1v) is 13.4. The van der Waals surface area contributed by atoms with Crippen LogP contribution in [0.3, 0.4) is 0 Å². The standard InChI is InChI=1S/C24H36ClF3N6O4/c25-19-14-20(32-23(31-19)24(26,27)28)30-17-15-38-18(22(36)21(17)35)16-37-13-9-7-5-3-1-2-4-6-8-11-34-12-10-29-33-34/h10,12,14,17-18,21-22,35-36H,1-9,11,13,15-16H2,(H,30,31,32)/t17-,18+,21+,22-/m0/s1. The highest BCUT2D eigenvalue weighted by atomic mass is 35.5. The van der Waals surface area contributed by atoms with Crippen LogP contribution in [0.25, 0.3) is 0 Å². The molecule has 1 fully saturated rings. The first kappa shape index (κ1) is 30.5. The van der Waals surface area contributed by atoms with Crippen molar-refractivity contribution in [1.82, 2.24) is 25.0 Å². The van der Waals surface area contributed by atoms with E-state index in [0.717, 1.165) is 38.3 Å². The molecule has 3 rings (SSSR count). The van der Waals surface area contributed by atoms with Crippen molar-refractivity contribution in [3.63, 3.8) is 0 Å². The molecule has 3 N–H and O–H groups in total. The van der Waals surface area contributed by atoms with Gasteiger partial charge >= 0.3 is 6.18 Å². The molecule has 2 aromatic rings. The molecule has 214 valence electrons. The SMILES string of the molecule is O[C@@H]1[C@H](O)[C@@H](Nc2cc(Cl)nc(C(F)(F)F)n2)CO[C@@H]1COCCCCCCCCCCCn1ccnn1. The van der Waals surface area contributed by atoms with Gasteiger partial charge in [0.15, 0.2) is 0 Å². The van der Waals surface area contributed by atoms with Crippen molar-refractivity contribution in [2.24, 2.45) is 0 Å². The Labute approximate surface area is 224 Å².